The van der Waals surface area contributed by atoms with Crippen LogP contribution in [0.3, 0.4) is 0 Å². The van der Waals surface area contributed by atoms with Gasteiger partial charge in [-0.3, -0.25) is 5.32 Å². The van der Waals surface area contributed by atoms with Crippen molar-refractivity contribution in [3.63, 3.8) is 0 Å². The molecule has 1 saturated heterocycles. The molecule has 0 unspecified atom stereocenters. The van der Waals surface area contributed by atoms with Gasteiger partial charge in [0.25, 0.3) is 0 Å². The molecular weight excluding hydrogens is 567 g/mol. The highest BCUT2D eigenvalue weighted by molar-refractivity contribution is 5.87. The Bertz CT molecular complexity index is 1700. The van der Waals surface area contributed by atoms with E-state index in [1.54, 1.807) is 15.9 Å². The number of ether oxygens (including phenoxy) is 1. The maximum atomic E-state index is 13.5. The maximum Gasteiger partial charge on any atom is 0.416 e. The predicted octanol–water partition coefficient (Wildman–Crippen LogP) is 5.64. The molecule has 0 bridgehead atoms. The van der Waals surface area contributed by atoms with Gasteiger partial charge in [0, 0.05) is 18.7 Å². The Morgan fingerprint density at radius 3 is 2.47 bits per heavy atom. The van der Waals surface area contributed by atoms with Crippen LogP contribution in [-0.2, 0) is 18.3 Å². The fraction of sp³-hybridized carbons (Fsp3) is 0.300. The van der Waals surface area contributed by atoms with Gasteiger partial charge in [-0.25, -0.2) is 14.6 Å². The Morgan fingerprint density at radius 1 is 0.977 bits per heavy atom. The van der Waals surface area contributed by atoms with Crippen LogP contribution < -0.4 is 10.1 Å². The number of carbonyl (C=O) groups is 2. The van der Waals surface area contributed by atoms with E-state index in [-0.39, 0.29) is 50.0 Å². The lowest BCUT2D eigenvalue weighted by Crippen LogP contribution is -2.50. The van der Waals surface area contributed by atoms with Gasteiger partial charge in [0.15, 0.2) is 0 Å². The lowest BCUT2D eigenvalue weighted by Gasteiger charge is -2.40. The molecule has 3 aromatic carbocycles. The highest BCUT2D eigenvalue weighted by atomic mass is 19.4. The number of fused-ring (bicyclic) bond motifs is 2. The summed E-state index contributed by atoms with van der Waals surface area (Å²) in [5, 5.41) is 22.3. The third kappa shape index (κ3) is 5.80. The molecule has 0 saturated carbocycles. The van der Waals surface area contributed by atoms with Crippen molar-refractivity contribution in [2.75, 3.05) is 31.6 Å². The Balaban J connectivity index is 1.16. The number of rotatable bonds is 3. The lowest BCUT2D eigenvalue weighted by atomic mass is 9.84. The fourth-order valence-corrected chi connectivity index (χ4v) is 5.63. The second-order valence-corrected chi connectivity index (χ2v) is 10.7. The van der Waals surface area contributed by atoms with E-state index in [1.165, 1.54) is 12.1 Å². The normalized spacial score (nSPS) is 16.7. The number of aromatic amines is 1. The summed E-state index contributed by atoms with van der Waals surface area (Å²) in [6, 6.07) is 15.7. The average molecular weight is 596 g/mol. The van der Waals surface area contributed by atoms with E-state index in [1.807, 2.05) is 30.3 Å². The molecule has 224 valence electrons. The number of nitrogens with one attached hydrogen (secondary N) is 2. The molecular formula is C30H28F3N5O5. The monoisotopic (exact) mass is 595 g/mol. The number of piperidine rings is 1. The van der Waals surface area contributed by atoms with Crippen LogP contribution in [0, 0.1) is 0 Å². The molecule has 43 heavy (non-hydrogen) atoms. The van der Waals surface area contributed by atoms with E-state index in [0.717, 1.165) is 28.8 Å². The van der Waals surface area contributed by atoms with E-state index in [4.69, 9.17) is 9.84 Å². The Labute approximate surface area is 243 Å². The standard InChI is InChI=1S/C30H28F3N5O5/c31-30(32,33)22-3-1-2-21(16-22)29(42)8-10-37(11-9-29)28(41)38-12-13-43-25-7-5-18(14-20(25)17-38)19-4-6-23-24(15-19)35-26(34-23)36-27(39)40/h1-7,14-16,42H,8-13,17H2,(H,39,40)(H2,34,35,36). The third-order valence-corrected chi connectivity index (χ3v) is 7.94. The van der Waals surface area contributed by atoms with Crippen molar-refractivity contribution >= 4 is 29.1 Å². The summed E-state index contributed by atoms with van der Waals surface area (Å²) in [7, 11) is 0. The number of halogens is 3. The molecule has 2 aliphatic heterocycles. The molecule has 4 aromatic rings. The van der Waals surface area contributed by atoms with Gasteiger partial charge in [-0.15, -0.1) is 0 Å². The third-order valence-electron chi connectivity index (χ3n) is 7.94. The highest BCUT2D eigenvalue weighted by Gasteiger charge is 2.39. The number of hydrogen-bond acceptors (Lipinski definition) is 5. The number of alkyl halides is 3. The zero-order valence-corrected chi connectivity index (χ0v) is 22.8. The molecule has 2 aliphatic rings. The summed E-state index contributed by atoms with van der Waals surface area (Å²) in [6.07, 6.45) is -5.50. The van der Waals surface area contributed by atoms with Gasteiger partial charge < -0.3 is 29.7 Å². The van der Waals surface area contributed by atoms with Crippen LogP contribution in [0.1, 0.15) is 29.5 Å². The SMILES string of the molecule is O=C(O)Nc1nc2ccc(-c3ccc4c(c3)CN(C(=O)N3CCC(O)(c5cccc(C(F)(F)F)c5)CC3)CCO4)cc2[nH]1. The minimum atomic E-state index is -4.51. The molecule has 4 N–H and O–H groups in total. The number of H-pyrrole nitrogens is 1. The minimum Gasteiger partial charge on any atom is -0.491 e. The Kier molecular flexibility index (Phi) is 7.12. The highest BCUT2D eigenvalue weighted by Crippen LogP contribution is 2.37. The number of likely N-dealkylation sites (tertiary alicyclic amines) is 1. The van der Waals surface area contributed by atoms with Crippen molar-refractivity contribution in [2.45, 2.75) is 31.2 Å². The first-order valence-electron chi connectivity index (χ1n) is 13.7. The first-order chi connectivity index (χ1) is 20.5. The number of urea groups is 1. The number of benzene rings is 3. The number of nitrogens with zero attached hydrogens (tertiary/aromatic N) is 3. The van der Waals surface area contributed by atoms with Gasteiger partial charge in [-0.05, 0) is 65.9 Å². The van der Waals surface area contributed by atoms with E-state index >= 15 is 0 Å². The van der Waals surface area contributed by atoms with Gasteiger partial charge in [0.05, 0.1) is 35.3 Å². The number of carbonyl (C=O) groups excluding carboxylic acids is 1. The predicted molar refractivity (Wildman–Crippen MR) is 151 cm³/mol. The lowest BCUT2D eigenvalue weighted by molar-refractivity contribution is -0.137. The van der Waals surface area contributed by atoms with Gasteiger partial charge in [0.2, 0.25) is 5.95 Å². The first-order valence-corrected chi connectivity index (χ1v) is 13.7. The average Bonchev–Trinajstić information content (AvgIpc) is 3.24. The van der Waals surface area contributed by atoms with Crippen LogP contribution in [0.5, 0.6) is 5.75 Å². The molecule has 0 atom stereocenters. The van der Waals surface area contributed by atoms with Crippen molar-refractivity contribution in [2.24, 2.45) is 0 Å². The van der Waals surface area contributed by atoms with Crippen molar-refractivity contribution in [1.29, 1.82) is 0 Å². The molecule has 0 radical (unpaired) electrons. The van der Waals surface area contributed by atoms with Crippen LogP contribution >= 0.6 is 0 Å². The molecule has 6 rings (SSSR count). The largest absolute Gasteiger partial charge is 0.491 e. The van der Waals surface area contributed by atoms with E-state index in [9.17, 15) is 27.9 Å². The van der Waals surface area contributed by atoms with Gasteiger partial charge in [0.1, 0.15) is 12.4 Å². The summed E-state index contributed by atoms with van der Waals surface area (Å²) < 4.78 is 45.6. The van der Waals surface area contributed by atoms with Crippen molar-refractivity contribution in [3.8, 4) is 16.9 Å². The quantitative estimate of drug-likeness (QED) is 0.243. The number of aliphatic hydroxyl groups is 1. The van der Waals surface area contributed by atoms with E-state index < -0.39 is 23.4 Å². The molecule has 0 spiro atoms. The number of hydrogen-bond donors (Lipinski definition) is 4. The van der Waals surface area contributed by atoms with Crippen LogP contribution in [-0.4, -0.2) is 68.3 Å². The van der Waals surface area contributed by atoms with Gasteiger partial charge >= 0.3 is 18.3 Å². The molecule has 1 aromatic heterocycles. The zero-order valence-electron chi connectivity index (χ0n) is 22.8. The topological polar surface area (TPSA) is 131 Å². The van der Waals surface area contributed by atoms with Crippen molar-refractivity contribution in [1.82, 2.24) is 19.8 Å². The smallest absolute Gasteiger partial charge is 0.416 e. The number of anilines is 1. The second-order valence-electron chi connectivity index (χ2n) is 10.7. The summed E-state index contributed by atoms with van der Waals surface area (Å²) in [5.41, 5.74) is 1.70. The van der Waals surface area contributed by atoms with E-state index in [0.29, 0.717) is 29.9 Å². The van der Waals surface area contributed by atoms with Crippen LogP contribution in [0.2, 0.25) is 0 Å². The molecule has 3 amide bonds. The summed E-state index contributed by atoms with van der Waals surface area (Å²) in [5.74, 6) is 0.780. The minimum absolute atomic E-state index is 0.116. The van der Waals surface area contributed by atoms with Crippen LogP contribution in [0.4, 0.5) is 28.7 Å². The van der Waals surface area contributed by atoms with E-state index in [2.05, 4.69) is 15.3 Å². The number of imidazole rings is 1. The first kappa shape index (κ1) is 28.3. The van der Waals surface area contributed by atoms with Gasteiger partial charge in [-0.2, -0.15) is 13.2 Å². The fourth-order valence-electron chi connectivity index (χ4n) is 5.63. The number of carboxylic acid groups (broad SMARTS) is 1. The van der Waals surface area contributed by atoms with Crippen molar-refractivity contribution < 1.29 is 37.7 Å². The number of amides is 3. The molecule has 13 heteroatoms. The zero-order chi connectivity index (χ0) is 30.4. The Hall–Kier alpha value is -4.78. The Morgan fingerprint density at radius 2 is 1.72 bits per heavy atom. The van der Waals surface area contributed by atoms with Crippen LogP contribution in [0.25, 0.3) is 22.2 Å². The summed E-state index contributed by atoms with van der Waals surface area (Å²) in [6.45, 7) is 1.31. The number of aromatic nitrogens is 2. The maximum absolute atomic E-state index is 13.5. The molecule has 3 heterocycles. The van der Waals surface area contributed by atoms with Gasteiger partial charge in [-0.1, -0.05) is 24.3 Å². The summed E-state index contributed by atoms with van der Waals surface area (Å²) >= 11 is 0. The molecule has 0 aliphatic carbocycles. The molecule has 10 nitrogen and oxygen atoms in total. The van der Waals surface area contributed by atoms with Crippen molar-refractivity contribution in [3.05, 3.63) is 77.4 Å². The van der Waals surface area contributed by atoms with Crippen LogP contribution in [0.15, 0.2) is 60.7 Å². The summed E-state index contributed by atoms with van der Waals surface area (Å²) in [4.78, 5) is 34.9. The molecule has 1 fully saturated rings. The second kappa shape index (κ2) is 10.8.